The molecular weight excluding hydrogens is 492 g/mol. The van der Waals surface area contributed by atoms with E-state index in [1.54, 1.807) is 30.5 Å². The summed E-state index contributed by atoms with van der Waals surface area (Å²) in [5, 5.41) is 4.61. The zero-order valence-corrected chi connectivity index (χ0v) is 19.3. The van der Waals surface area contributed by atoms with E-state index in [1.165, 1.54) is 11.2 Å². The van der Waals surface area contributed by atoms with Crippen LogP contribution in [0.5, 0.6) is 0 Å². The van der Waals surface area contributed by atoms with Crippen molar-refractivity contribution in [2.45, 2.75) is 31.1 Å². The molecule has 0 spiro atoms. The molecule has 2 aromatic heterocycles. The predicted octanol–water partition coefficient (Wildman–Crippen LogP) is 4.73. The van der Waals surface area contributed by atoms with Crippen LogP contribution < -0.4 is 10.2 Å². The minimum absolute atomic E-state index is 0.0307. The number of amides is 1. The maximum absolute atomic E-state index is 14.0. The minimum atomic E-state index is -4.42. The number of benzene rings is 1. The van der Waals surface area contributed by atoms with E-state index in [-0.39, 0.29) is 32.0 Å². The first-order valence-electron chi connectivity index (χ1n) is 10.8. The van der Waals surface area contributed by atoms with Gasteiger partial charge in [0, 0.05) is 41.6 Å². The smallest absolute Gasteiger partial charge is 0.374 e. The summed E-state index contributed by atoms with van der Waals surface area (Å²) in [6, 6.07) is 4.93. The summed E-state index contributed by atoms with van der Waals surface area (Å²) in [5.74, 6) is -1.42. The van der Waals surface area contributed by atoms with Crippen LogP contribution in [-0.2, 0) is 4.79 Å². The van der Waals surface area contributed by atoms with Gasteiger partial charge >= 0.3 is 6.18 Å². The lowest BCUT2D eigenvalue weighted by atomic mass is 9.89. The summed E-state index contributed by atoms with van der Waals surface area (Å²) >= 11 is 12.1. The van der Waals surface area contributed by atoms with Crippen LogP contribution in [0.1, 0.15) is 12.8 Å². The maximum atomic E-state index is 14.0. The van der Waals surface area contributed by atoms with Gasteiger partial charge in [0.2, 0.25) is 5.91 Å². The van der Waals surface area contributed by atoms with Crippen molar-refractivity contribution >= 4 is 51.6 Å². The molecule has 0 bridgehead atoms. The van der Waals surface area contributed by atoms with Crippen LogP contribution in [0.25, 0.3) is 11.0 Å². The van der Waals surface area contributed by atoms with E-state index in [1.807, 2.05) is 4.90 Å². The first-order valence-corrected chi connectivity index (χ1v) is 11.6. The summed E-state index contributed by atoms with van der Waals surface area (Å²) in [6.45, 7) is 0.435. The molecule has 0 saturated carbocycles. The van der Waals surface area contributed by atoms with Crippen LogP contribution in [0, 0.1) is 5.92 Å². The molecule has 5 rings (SSSR count). The lowest BCUT2D eigenvalue weighted by molar-refractivity contribution is -0.195. The summed E-state index contributed by atoms with van der Waals surface area (Å²) in [5.41, 5.74) is 1.16. The van der Waals surface area contributed by atoms with E-state index >= 15 is 0 Å². The number of anilines is 2. The van der Waals surface area contributed by atoms with Crippen molar-refractivity contribution in [1.82, 2.24) is 19.9 Å². The van der Waals surface area contributed by atoms with Gasteiger partial charge in [0.15, 0.2) is 0 Å². The zero-order chi connectivity index (χ0) is 24.0. The molecule has 2 fully saturated rings. The predicted molar refractivity (Wildman–Crippen MR) is 124 cm³/mol. The van der Waals surface area contributed by atoms with Gasteiger partial charge in [0.25, 0.3) is 0 Å². The van der Waals surface area contributed by atoms with Gasteiger partial charge in [-0.1, -0.05) is 23.2 Å². The number of carbonyl (C=O) groups is 1. The van der Waals surface area contributed by atoms with Crippen molar-refractivity contribution < 1.29 is 18.0 Å². The molecule has 2 aliphatic heterocycles. The summed E-state index contributed by atoms with van der Waals surface area (Å²) in [7, 11) is 0. The third kappa shape index (κ3) is 4.36. The number of aromatic nitrogens is 3. The Morgan fingerprint density at radius 2 is 1.85 bits per heavy atom. The SMILES string of the molecule is O=C1[C@H](Nc2cc(Cl)cc(Cl)c2)CCN1C1CN(c2ncnc3[nH]ccc23)CC[C@@H]1C(F)(F)F. The molecule has 2 N–H and O–H groups in total. The molecule has 2 aliphatic rings. The first-order chi connectivity index (χ1) is 16.2. The van der Waals surface area contributed by atoms with Gasteiger partial charge in [-0.3, -0.25) is 4.79 Å². The van der Waals surface area contributed by atoms with Crippen LogP contribution in [0.15, 0.2) is 36.8 Å². The highest BCUT2D eigenvalue weighted by Crippen LogP contribution is 2.40. The highest BCUT2D eigenvalue weighted by molar-refractivity contribution is 6.35. The van der Waals surface area contributed by atoms with E-state index in [4.69, 9.17) is 23.2 Å². The second-order valence-corrected chi connectivity index (χ2v) is 9.44. The molecule has 180 valence electrons. The van der Waals surface area contributed by atoms with Crippen molar-refractivity contribution in [1.29, 1.82) is 0 Å². The van der Waals surface area contributed by atoms with E-state index in [9.17, 15) is 18.0 Å². The normalized spacial score (nSPS) is 23.7. The van der Waals surface area contributed by atoms with E-state index in [0.717, 1.165) is 5.39 Å². The number of hydrogen-bond acceptors (Lipinski definition) is 5. The second kappa shape index (κ2) is 8.81. The molecule has 12 heteroatoms. The first kappa shape index (κ1) is 23.0. The van der Waals surface area contributed by atoms with E-state index in [0.29, 0.717) is 33.6 Å². The fourth-order valence-electron chi connectivity index (χ4n) is 4.94. The number of H-pyrrole nitrogens is 1. The Balaban J connectivity index is 1.39. The molecule has 7 nitrogen and oxygen atoms in total. The fraction of sp³-hybridized carbons (Fsp3) is 0.409. The third-order valence-corrected chi connectivity index (χ3v) is 6.91. The Morgan fingerprint density at radius 1 is 1.09 bits per heavy atom. The van der Waals surface area contributed by atoms with Crippen LogP contribution in [-0.4, -0.2) is 63.7 Å². The van der Waals surface area contributed by atoms with Crippen molar-refractivity contribution in [3.8, 4) is 0 Å². The molecule has 0 aliphatic carbocycles. The van der Waals surface area contributed by atoms with Gasteiger partial charge in [-0.2, -0.15) is 13.2 Å². The Bertz CT molecular complexity index is 1200. The molecule has 1 amide bonds. The van der Waals surface area contributed by atoms with Crippen molar-refractivity contribution in [2.75, 3.05) is 29.9 Å². The van der Waals surface area contributed by atoms with Crippen LogP contribution in [0.4, 0.5) is 24.7 Å². The van der Waals surface area contributed by atoms with Gasteiger partial charge in [-0.25, -0.2) is 9.97 Å². The lowest BCUT2D eigenvalue weighted by Crippen LogP contribution is -2.58. The minimum Gasteiger partial charge on any atom is -0.374 e. The Hall–Kier alpha value is -2.72. The number of carbonyl (C=O) groups excluding carboxylic acids is 1. The Morgan fingerprint density at radius 3 is 2.59 bits per heavy atom. The molecular formula is C22H21Cl2F3N6O. The summed E-state index contributed by atoms with van der Waals surface area (Å²) < 4.78 is 42.0. The maximum Gasteiger partial charge on any atom is 0.393 e. The number of rotatable bonds is 4. The Labute approximate surface area is 203 Å². The van der Waals surface area contributed by atoms with Gasteiger partial charge in [0.05, 0.1) is 17.3 Å². The van der Waals surface area contributed by atoms with Crippen LogP contribution >= 0.6 is 23.2 Å². The number of nitrogens with zero attached hydrogens (tertiary/aromatic N) is 4. The Kier molecular flexibility index (Phi) is 5.97. The summed E-state index contributed by atoms with van der Waals surface area (Å²) in [4.78, 5) is 27.9. The largest absolute Gasteiger partial charge is 0.393 e. The van der Waals surface area contributed by atoms with Gasteiger partial charge in [0.1, 0.15) is 23.8 Å². The molecule has 4 heterocycles. The molecule has 3 atom stereocenters. The molecule has 1 unspecified atom stereocenters. The fourth-order valence-corrected chi connectivity index (χ4v) is 5.46. The number of nitrogens with one attached hydrogen (secondary N) is 2. The van der Waals surface area contributed by atoms with E-state index in [2.05, 4.69) is 20.3 Å². The number of likely N-dealkylation sites (tertiary alicyclic amines) is 1. The molecule has 0 radical (unpaired) electrons. The number of hydrogen-bond donors (Lipinski definition) is 2. The quantitative estimate of drug-likeness (QED) is 0.528. The topological polar surface area (TPSA) is 77.2 Å². The highest BCUT2D eigenvalue weighted by Gasteiger charge is 2.52. The van der Waals surface area contributed by atoms with Gasteiger partial charge in [-0.05, 0) is 37.1 Å². The highest BCUT2D eigenvalue weighted by atomic mass is 35.5. The molecule has 34 heavy (non-hydrogen) atoms. The molecule has 1 aromatic carbocycles. The second-order valence-electron chi connectivity index (χ2n) is 8.56. The number of alkyl halides is 3. The third-order valence-electron chi connectivity index (χ3n) is 6.48. The zero-order valence-electron chi connectivity index (χ0n) is 17.8. The van der Waals surface area contributed by atoms with E-state index < -0.39 is 24.2 Å². The van der Waals surface area contributed by atoms with Gasteiger partial charge in [-0.15, -0.1) is 0 Å². The standard InChI is InChI=1S/C22H21Cl2F3N6O/c23-12-7-13(24)9-14(8-12)31-17-3-6-33(21(17)34)18-10-32(5-2-16(18)22(25,26)27)20-15-1-4-28-19(15)29-11-30-20/h1,4,7-9,11,16-18,31H,2-3,5-6,10H2,(H,28,29,30)/t16-,17+,18?/m0/s1. The summed E-state index contributed by atoms with van der Waals surface area (Å²) in [6.07, 6.45) is -1.07. The monoisotopic (exact) mass is 512 g/mol. The molecule has 2 saturated heterocycles. The average molecular weight is 513 g/mol. The number of fused-ring (bicyclic) bond motifs is 1. The molecule has 3 aromatic rings. The van der Waals surface area contributed by atoms with Crippen LogP contribution in [0.3, 0.4) is 0 Å². The van der Waals surface area contributed by atoms with Crippen molar-refractivity contribution in [3.63, 3.8) is 0 Å². The van der Waals surface area contributed by atoms with Crippen molar-refractivity contribution in [2.24, 2.45) is 5.92 Å². The van der Waals surface area contributed by atoms with Crippen molar-refractivity contribution in [3.05, 3.63) is 46.8 Å². The number of piperidine rings is 1. The van der Waals surface area contributed by atoms with Crippen LogP contribution in [0.2, 0.25) is 10.0 Å². The number of aromatic amines is 1. The average Bonchev–Trinajstić information content (AvgIpc) is 3.39. The van der Waals surface area contributed by atoms with Gasteiger partial charge < -0.3 is 20.1 Å². The number of halogens is 5. The lowest BCUT2D eigenvalue weighted by Gasteiger charge is -2.44.